The minimum Gasteiger partial charge on any atom is -0.384 e. The van der Waals surface area contributed by atoms with E-state index < -0.39 is 0 Å². The van der Waals surface area contributed by atoms with Crippen molar-refractivity contribution >= 4 is 0 Å². The van der Waals surface area contributed by atoms with E-state index in [2.05, 4.69) is 19.1 Å². The third kappa shape index (κ3) is 2.32. The SMILES string of the molecule is COC[C@H]1C=C[C@@H](C)C[C@H]1OC. The summed E-state index contributed by atoms with van der Waals surface area (Å²) in [5.74, 6) is 1.08. The van der Waals surface area contributed by atoms with Crippen molar-refractivity contribution in [2.24, 2.45) is 11.8 Å². The summed E-state index contributed by atoms with van der Waals surface area (Å²) in [6.45, 7) is 2.98. The van der Waals surface area contributed by atoms with Crippen LogP contribution in [-0.4, -0.2) is 26.9 Å². The number of rotatable bonds is 3. The molecule has 0 N–H and O–H groups in total. The van der Waals surface area contributed by atoms with Crippen LogP contribution in [0.15, 0.2) is 12.2 Å². The molecule has 70 valence electrons. The van der Waals surface area contributed by atoms with Gasteiger partial charge in [0.1, 0.15) is 0 Å². The molecule has 0 heterocycles. The number of methoxy groups -OCH3 is 2. The van der Waals surface area contributed by atoms with Crippen LogP contribution in [0.4, 0.5) is 0 Å². The van der Waals surface area contributed by atoms with Crippen molar-refractivity contribution in [3.8, 4) is 0 Å². The van der Waals surface area contributed by atoms with E-state index in [1.54, 1.807) is 14.2 Å². The second-order valence-electron chi connectivity index (χ2n) is 3.49. The van der Waals surface area contributed by atoms with Gasteiger partial charge in [-0.2, -0.15) is 0 Å². The molecule has 3 atom stereocenters. The normalized spacial score (nSPS) is 35.4. The molecule has 12 heavy (non-hydrogen) atoms. The van der Waals surface area contributed by atoms with Gasteiger partial charge in [-0.05, 0) is 12.3 Å². The van der Waals surface area contributed by atoms with E-state index in [9.17, 15) is 0 Å². The predicted octanol–water partition coefficient (Wildman–Crippen LogP) is 1.86. The zero-order valence-electron chi connectivity index (χ0n) is 8.12. The number of allylic oxidation sites excluding steroid dienone is 1. The summed E-state index contributed by atoms with van der Waals surface area (Å²) in [7, 11) is 3.51. The van der Waals surface area contributed by atoms with E-state index in [-0.39, 0.29) is 0 Å². The Bertz CT molecular complexity index is 154. The summed E-state index contributed by atoms with van der Waals surface area (Å²) < 4.78 is 10.5. The Morgan fingerprint density at radius 3 is 2.67 bits per heavy atom. The van der Waals surface area contributed by atoms with Crippen LogP contribution in [0.2, 0.25) is 0 Å². The molecule has 2 heteroatoms. The van der Waals surface area contributed by atoms with Crippen molar-refractivity contribution < 1.29 is 9.47 Å². The lowest BCUT2D eigenvalue weighted by Crippen LogP contribution is -2.29. The van der Waals surface area contributed by atoms with Crippen molar-refractivity contribution in [3.05, 3.63) is 12.2 Å². The molecule has 0 saturated heterocycles. The summed E-state index contributed by atoms with van der Waals surface area (Å²) in [6.07, 6.45) is 5.91. The van der Waals surface area contributed by atoms with E-state index in [1.807, 2.05) is 0 Å². The lowest BCUT2D eigenvalue weighted by Gasteiger charge is -2.28. The molecule has 2 nitrogen and oxygen atoms in total. The maximum absolute atomic E-state index is 5.40. The molecule has 0 aromatic rings. The molecule has 0 bridgehead atoms. The molecule has 0 aromatic carbocycles. The van der Waals surface area contributed by atoms with Crippen LogP contribution in [0, 0.1) is 11.8 Å². The second-order valence-corrected chi connectivity index (χ2v) is 3.49. The van der Waals surface area contributed by atoms with E-state index in [0.717, 1.165) is 13.0 Å². The molecule has 0 aromatic heterocycles. The second kappa shape index (κ2) is 4.63. The van der Waals surface area contributed by atoms with Crippen molar-refractivity contribution in [2.75, 3.05) is 20.8 Å². The zero-order chi connectivity index (χ0) is 8.97. The quantitative estimate of drug-likeness (QED) is 0.602. The minimum absolute atomic E-state index is 0.338. The number of ether oxygens (including phenoxy) is 2. The third-order valence-electron chi connectivity index (χ3n) is 2.43. The Balaban J connectivity index is 2.52. The first-order chi connectivity index (χ1) is 5.77. The van der Waals surface area contributed by atoms with Gasteiger partial charge in [-0.25, -0.2) is 0 Å². The Kier molecular flexibility index (Phi) is 3.76. The van der Waals surface area contributed by atoms with E-state index in [1.165, 1.54) is 0 Å². The standard InChI is InChI=1S/C10H18O2/c1-8-4-5-9(7-11-2)10(6-8)12-3/h4-5,8-10H,6-7H2,1-3H3/t8-,9-,10-/m1/s1. The fourth-order valence-corrected chi connectivity index (χ4v) is 1.70. The molecular weight excluding hydrogens is 152 g/mol. The first-order valence-electron chi connectivity index (χ1n) is 4.48. The van der Waals surface area contributed by atoms with Gasteiger partial charge in [-0.3, -0.25) is 0 Å². The van der Waals surface area contributed by atoms with Crippen LogP contribution in [0.1, 0.15) is 13.3 Å². The fraction of sp³-hybridized carbons (Fsp3) is 0.800. The monoisotopic (exact) mass is 170 g/mol. The summed E-state index contributed by atoms with van der Waals surface area (Å²) in [5.41, 5.74) is 0. The first kappa shape index (κ1) is 9.75. The summed E-state index contributed by atoms with van der Waals surface area (Å²) in [4.78, 5) is 0. The maximum atomic E-state index is 5.40. The van der Waals surface area contributed by atoms with E-state index in [0.29, 0.717) is 17.9 Å². The van der Waals surface area contributed by atoms with Crippen molar-refractivity contribution in [3.63, 3.8) is 0 Å². The molecule has 0 radical (unpaired) electrons. The van der Waals surface area contributed by atoms with Crippen LogP contribution in [-0.2, 0) is 9.47 Å². The van der Waals surface area contributed by atoms with Crippen LogP contribution in [0.25, 0.3) is 0 Å². The molecule has 0 amide bonds. The Morgan fingerprint density at radius 2 is 2.08 bits per heavy atom. The number of hydrogen-bond donors (Lipinski definition) is 0. The third-order valence-corrected chi connectivity index (χ3v) is 2.43. The highest BCUT2D eigenvalue weighted by Gasteiger charge is 2.23. The Hall–Kier alpha value is -0.340. The topological polar surface area (TPSA) is 18.5 Å². The number of hydrogen-bond acceptors (Lipinski definition) is 2. The largest absolute Gasteiger partial charge is 0.384 e. The molecule has 0 saturated carbocycles. The van der Waals surface area contributed by atoms with Crippen LogP contribution < -0.4 is 0 Å². The van der Waals surface area contributed by atoms with Crippen molar-refractivity contribution in [1.82, 2.24) is 0 Å². The average molecular weight is 170 g/mol. The van der Waals surface area contributed by atoms with E-state index >= 15 is 0 Å². The first-order valence-corrected chi connectivity index (χ1v) is 4.48. The molecule has 1 aliphatic rings. The van der Waals surface area contributed by atoms with E-state index in [4.69, 9.17) is 9.47 Å². The molecule has 1 aliphatic carbocycles. The summed E-state index contributed by atoms with van der Waals surface area (Å²) in [5, 5.41) is 0. The fourth-order valence-electron chi connectivity index (χ4n) is 1.70. The van der Waals surface area contributed by atoms with Crippen LogP contribution in [0.5, 0.6) is 0 Å². The van der Waals surface area contributed by atoms with Gasteiger partial charge in [-0.1, -0.05) is 19.1 Å². The van der Waals surface area contributed by atoms with Crippen molar-refractivity contribution in [1.29, 1.82) is 0 Å². The zero-order valence-corrected chi connectivity index (χ0v) is 8.12. The lowest BCUT2D eigenvalue weighted by molar-refractivity contribution is 0.0177. The smallest absolute Gasteiger partial charge is 0.0661 e. The minimum atomic E-state index is 0.338. The van der Waals surface area contributed by atoms with Gasteiger partial charge < -0.3 is 9.47 Å². The van der Waals surface area contributed by atoms with Crippen molar-refractivity contribution in [2.45, 2.75) is 19.4 Å². The van der Waals surface area contributed by atoms with Gasteiger partial charge >= 0.3 is 0 Å². The highest BCUT2D eigenvalue weighted by Crippen LogP contribution is 2.24. The molecule has 1 rings (SSSR count). The predicted molar refractivity (Wildman–Crippen MR) is 49.1 cm³/mol. The molecule has 0 aliphatic heterocycles. The van der Waals surface area contributed by atoms with Gasteiger partial charge in [0.15, 0.2) is 0 Å². The van der Waals surface area contributed by atoms with Gasteiger partial charge in [0.2, 0.25) is 0 Å². The highest BCUT2D eigenvalue weighted by atomic mass is 16.5. The molecular formula is C10H18O2. The van der Waals surface area contributed by atoms with Crippen LogP contribution in [0.3, 0.4) is 0 Å². The van der Waals surface area contributed by atoms with Gasteiger partial charge in [0, 0.05) is 20.1 Å². The molecule has 0 unspecified atom stereocenters. The Labute approximate surface area is 74.6 Å². The van der Waals surface area contributed by atoms with Gasteiger partial charge in [0.05, 0.1) is 12.7 Å². The highest BCUT2D eigenvalue weighted by molar-refractivity contribution is 5.01. The van der Waals surface area contributed by atoms with Gasteiger partial charge in [0.25, 0.3) is 0 Å². The lowest BCUT2D eigenvalue weighted by atomic mass is 9.87. The molecule has 0 fully saturated rings. The molecule has 0 spiro atoms. The summed E-state index contributed by atoms with van der Waals surface area (Å²) >= 11 is 0. The average Bonchev–Trinajstić information content (AvgIpc) is 2.08. The Morgan fingerprint density at radius 1 is 1.33 bits per heavy atom. The van der Waals surface area contributed by atoms with Crippen LogP contribution >= 0.6 is 0 Å². The summed E-state index contributed by atoms with van der Waals surface area (Å²) in [6, 6.07) is 0. The van der Waals surface area contributed by atoms with Gasteiger partial charge in [-0.15, -0.1) is 0 Å². The maximum Gasteiger partial charge on any atom is 0.0661 e.